The number of hydrogen-bond acceptors (Lipinski definition) is 4. The molecule has 2 rings (SSSR count). The van der Waals surface area contributed by atoms with Gasteiger partial charge in [0.05, 0.1) is 13.2 Å². The van der Waals surface area contributed by atoms with Gasteiger partial charge in [-0.15, -0.1) is 24.0 Å². The Balaban J connectivity index is 0.00000450. The molecule has 1 aromatic carbocycles. The van der Waals surface area contributed by atoms with E-state index in [0.29, 0.717) is 30.5 Å². The first-order chi connectivity index (χ1) is 14.2. The first-order valence-electron chi connectivity index (χ1n) is 10.8. The largest absolute Gasteiger partial charge is 0.497 e. The molecular formula is C22H37IN4O3. The zero-order chi connectivity index (χ0) is 20.7. The van der Waals surface area contributed by atoms with Crippen LogP contribution >= 0.6 is 24.0 Å². The highest BCUT2D eigenvalue weighted by Crippen LogP contribution is 2.20. The predicted octanol–water partition coefficient (Wildman–Crippen LogP) is 3.34. The minimum absolute atomic E-state index is 0. The van der Waals surface area contributed by atoms with Gasteiger partial charge >= 0.3 is 0 Å². The third kappa shape index (κ3) is 10.5. The topological polar surface area (TPSA) is 84.0 Å². The molecule has 0 unspecified atom stereocenters. The maximum absolute atomic E-state index is 12.2. The van der Waals surface area contributed by atoms with E-state index in [1.54, 1.807) is 25.3 Å². The van der Waals surface area contributed by atoms with Gasteiger partial charge in [-0.2, -0.15) is 0 Å². The van der Waals surface area contributed by atoms with Gasteiger partial charge in [0.1, 0.15) is 5.75 Å². The van der Waals surface area contributed by atoms with Gasteiger partial charge in [-0.25, -0.2) is 0 Å². The Labute approximate surface area is 197 Å². The van der Waals surface area contributed by atoms with Gasteiger partial charge in [0, 0.05) is 38.3 Å². The Morgan fingerprint density at radius 1 is 1.13 bits per heavy atom. The number of amides is 1. The summed E-state index contributed by atoms with van der Waals surface area (Å²) in [4.78, 5) is 16.8. The summed E-state index contributed by atoms with van der Waals surface area (Å²) in [6.45, 7) is 5.42. The lowest BCUT2D eigenvalue weighted by molar-refractivity contribution is 0.0281. The molecule has 0 aliphatic heterocycles. The van der Waals surface area contributed by atoms with E-state index in [-0.39, 0.29) is 29.9 Å². The number of nitrogens with one attached hydrogen (secondary N) is 3. The third-order valence-electron chi connectivity index (χ3n) is 4.86. The second kappa shape index (κ2) is 16.2. The molecule has 1 amide bonds. The van der Waals surface area contributed by atoms with Crippen molar-refractivity contribution in [3.63, 3.8) is 0 Å². The molecule has 0 heterocycles. The van der Waals surface area contributed by atoms with Crippen molar-refractivity contribution in [1.29, 1.82) is 0 Å². The number of methoxy groups -OCH3 is 1. The molecule has 30 heavy (non-hydrogen) atoms. The highest BCUT2D eigenvalue weighted by molar-refractivity contribution is 14.0. The highest BCUT2D eigenvalue weighted by Gasteiger charge is 2.13. The maximum Gasteiger partial charge on any atom is 0.251 e. The number of carbonyl (C=O) groups excluding carboxylic acids is 1. The van der Waals surface area contributed by atoms with Crippen molar-refractivity contribution in [3.8, 4) is 5.75 Å². The molecule has 0 aromatic heterocycles. The summed E-state index contributed by atoms with van der Waals surface area (Å²) in [7, 11) is 1.59. The van der Waals surface area contributed by atoms with E-state index < -0.39 is 0 Å². The summed E-state index contributed by atoms with van der Waals surface area (Å²) < 4.78 is 11.1. The van der Waals surface area contributed by atoms with Gasteiger partial charge in [0.2, 0.25) is 0 Å². The smallest absolute Gasteiger partial charge is 0.251 e. The second-order valence-corrected chi connectivity index (χ2v) is 7.16. The van der Waals surface area contributed by atoms with Crippen molar-refractivity contribution in [2.45, 2.75) is 51.6 Å². The molecule has 3 N–H and O–H groups in total. The lowest BCUT2D eigenvalue weighted by atomic mass is 9.98. The number of guanidine groups is 1. The van der Waals surface area contributed by atoms with Crippen LogP contribution in [0.4, 0.5) is 0 Å². The molecule has 8 heteroatoms. The van der Waals surface area contributed by atoms with Crippen LogP contribution in [0.5, 0.6) is 5.75 Å². The van der Waals surface area contributed by atoms with Gasteiger partial charge in [0.15, 0.2) is 5.96 Å². The van der Waals surface area contributed by atoms with E-state index in [2.05, 4.69) is 20.9 Å². The normalized spacial score (nSPS) is 14.5. The van der Waals surface area contributed by atoms with E-state index in [4.69, 9.17) is 9.47 Å². The minimum atomic E-state index is -0.118. The van der Waals surface area contributed by atoms with Crippen molar-refractivity contribution in [2.24, 2.45) is 4.99 Å². The molecule has 1 saturated carbocycles. The number of carbonyl (C=O) groups is 1. The molecule has 170 valence electrons. The third-order valence-corrected chi connectivity index (χ3v) is 4.86. The van der Waals surface area contributed by atoms with Crippen LogP contribution in [0.25, 0.3) is 0 Å². The maximum atomic E-state index is 12.2. The van der Waals surface area contributed by atoms with Crippen LogP contribution in [-0.4, -0.2) is 57.9 Å². The Hall–Kier alpha value is -1.55. The van der Waals surface area contributed by atoms with Gasteiger partial charge in [-0.05, 0) is 44.4 Å². The number of benzene rings is 1. The number of hydrogen-bond donors (Lipinski definition) is 3. The molecule has 1 fully saturated rings. The quantitative estimate of drug-likeness (QED) is 0.176. The first kappa shape index (κ1) is 26.5. The van der Waals surface area contributed by atoms with Crippen LogP contribution in [0, 0.1) is 0 Å². The van der Waals surface area contributed by atoms with E-state index in [1.807, 2.05) is 13.0 Å². The summed E-state index contributed by atoms with van der Waals surface area (Å²) >= 11 is 0. The minimum Gasteiger partial charge on any atom is -0.497 e. The Morgan fingerprint density at radius 2 is 1.90 bits per heavy atom. The van der Waals surface area contributed by atoms with Gasteiger partial charge in [0.25, 0.3) is 5.91 Å². The van der Waals surface area contributed by atoms with Crippen molar-refractivity contribution >= 4 is 35.8 Å². The fraction of sp³-hybridized carbons (Fsp3) is 0.636. The average Bonchev–Trinajstić information content (AvgIpc) is 2.77. The number of ether oxygens (including phenoxy) is 2. The molecule has 1 aromatic rings. The average molecular weight is 532 g/mol. The molecule has 7 nitrogen and oxygen atoms in total. The van der Waals surface area contributed by atoms with Crippen LogP contribution < -0.4 is 20.7 Å². The Morgan fingerprint density at radius 3 is 2.63 bits per heavy atom. The van der Waals surface area contributed by atoms with E-state index in [0.717, 1.165) is 32.1 Å². The molecule has 0 spiro atoms. The molecule has 0 bridgehead atoms. The Bertz CT molecular complexity index is 637. The summed E-state index contributed by atoms with van der Waals surface area (Å²) in [5, 5.41) is 9.38. The fourth-order valence-corrected chi connectivity index (χ4v) is 3.30. The standard InChI is InChI=1S/C22H36N4O3.HI/c1-3-23-22(25-13-8-16-29-19-10-5-4-6-11-19)26-15-14-24-21(27)18-9-7-12-20(17-18)28-2;/h7,9,12,17,19H,3-6,8,10-11,13-16H2,1-2H3,(H,24,27)(H2,23,25,26);1H. The molecule has 1 aliphatic rings. The van der Waals surface area contributed by atoms with Crippen LogP contribution in [0.3, 0.4) is 0 Å². The highest BCUT2D eigenvalue weighted by atomic mass is 127. The summed E-state index contributed by atoms with van der Waals surface area (Å²) in [6, 6.07) is 7.12. The lowest BCUT2D eigenvalue weighted by Gasteiger charge is -2.21. The fourth-order valence-electron chi connectivity index (χ4n) is 3.30. The van der Waals surface area contributed by atoms with Crippen molar-refractivity contribution in [1.82, 2.24) is 16.0 Å². The van der Waals surface area contributed by atoms with Gasteiger partial charge in [-0.1, -0.05) is 25.3 Å². The second-order valence-electron chi connectivity index (χ2n) is 7.16. The van der Waals surface area contributed by atoms with Crippen LogP contribution in [-0.2, 0) is 4.74 Å². The van der Waals surface area contributed by atoms with Crippen LogP contribution in [0.1, 0.15) is 55.8 Å². The number of nitrogens with zero attached hydrogens (tertiary/aromatic N) is 1. The summed E-state index contributed by atoms with van der Waals surface area (Å²) in [5.41, 5.74) is 0.586. The number of rotatable bonds is 11. The predicted molar refractivity (Wildman–Crippen MR) is 132 cm³/mol. The molecule has 0 saturated heterocycles. The molecule has 0 atom stereocenters. The van der Waals surface area contributed by atoms with Crippen LogP contribution in [0.15, 0.2) is 29.3 Å². The van der Waals surface area contributed by atoms with Crippen molar-refractivity contribution in [3.05, 3.63) is 29.8 Å². The zero-order valence-corrected chi connectivity index (χ0v) is 20.6. The SMILES string of the molecule is CCNC(=NCCCOC1CCCCC1)NCCNC(=O)c1cccc(OC)c1.I. The molecule has 0 radical (unpaired) electrons. The summed E-state index contributed by atoms with van der Waals surface area (Å²) in [6.07, 6.45) is 7.72. The monoisotopic (exact) mass is 532 g/mol. The zero-order valence-electron chi connectivity index (χ0n) is 18.2. The van der Waals surface area contributed by atoms with Gasteiger partial charge < -0.3 is 25.4 Å². The van der Waals surface area contributed by atoms with Crippen molar-refractivity contribution in [2.75, 3.05) is 39.9 Å². The number of aliphatic imine (C=N–C) groups is 1. The van der Waals surface area contributed by atoms with E-state index in [1.165, 1.54) is 32.1 Å². The first-order valence-corrected chi connectivity index (χ1v) is 10.8. The lowest BCUT2D eigenvalue weighted by Crippen LogP contribution is -2.41. The van der Waals surface area contributed by atoms with E-state index >= 15 is 0 Å². The Kier molecular flexibility index (Phi) is 14.3. The van der Waals surface area contributed by atoms with E-state index in [9.17, 15) is 4.79 Å². The molecular weight excluding hydrogens is 495 g/mol. The number of halogens is 1. The van der Waals surface area contributed by atoms with Crippen molar-refractivity contribution < 1.29 is 14.3 Å². The van der Waals surface area contributed by atoms with Gasteiger partial charge in [-0.3, -0.25) is 9.79 Å². The molecule has 1 aliphatic carbocycles. The van der Waals surface area contributed by atoms with Crippen LogP contribution in [0.2, 0.25) is 0 Å². The summed E-state index contributed by atoms with van der Waals surface area (Å²) in [5.74, 6) is 1.32.